The van der Waals surface area contributed by atoms with E-state index in [-0.39, 0.29) is 17.1 Å². The highest BCUT2D eigenvalue weighted by atomic mass is 16.5. The quantitative estimate of drug-likeness (QED) is 0.682. The summed E-state index contributed by atoms with van der Waals surface area (Å²) in [5.41, 5.74) is 8.75. The number of benzene rings is 1. The molecule has 7 nitrogen and oxygen atoms in total. The van der Waals surface area contributed by atoms with Crippen molar-refractivity contribution in [1.82, 2.24) is 15.0 Å². The van der Waals surface area contributed by atoms with Crippen LogP contribution in [0.25, 0.3) is 22.5 Å². The van der Waals surface area contributed by atoms with Crippen LogP contribution < -0.4 is 10.5 Å². The molecular weight excluding hydrogens is 294 g/mol. The number of hydrogen-bond acceptors (Lipinski definition) is 6. The van der Waals surface area contributed by atoms with E-state index in [1.807, 2.05) is 0 Å². The number of H-pyrrole nitrogens is 1. The van der Waals surface area contributed by atoms with E-state index in [4.69, 9.17) is 10.5 Å². The maximum Gasteiger partial charge on any atom is 0.161 e. The van der Waals surface area contributed by atoms with E-state index in [0.29, 0.717) is 28.3 Å². The molecule has 0 spiro atoms. The Morgan fingerprint density at radius 3 is 2.83 bits per heavy atom. The lowest BCUT2D eigenvalue weighted by Gasteiger charge is -2.10. The van der Waals surface area contributed by atoms with Gasteiger partial charge in [0.15, 0.2) is 11.5 Å². The van der Waals surface area contributed by atoms with Gasteiger partial charge < -0.3 is 20.6 Å². The Labute approximate surface area is 132 Å². The monoisotopic (exact) mass is 307 g/mol. The Morgan fingerprint density at radius 2 is 2.17 bits per heavy atom. The number of nitriles is 1. The SMILES string of the molecule is COc1cc(-c2cc(-c3cnc[nH]3)c(C#N)c(N)n2)ccc1O. The van der Waals surface area contributed by atoms with Crippen molar-refractivity contribution in [3.8, 4) is 40.1 Å². The number of ether oxygens (including phenoxy) is 1. The van der Waals surface area contributed by atoms with Crippen molar-refractivity contribution in [2.24, 2.45) is 0 Å². The number of nitrogen functional groups attached to an aromatic ring is 1. The number of pyridine rings is 1. The zero-order valence-electron chi connectivity index (χ0n) is 12.2. The van der Waals surface area contributed by atoms with E-state index in [0.717, 1.165) is 0 Å². The Hall–Kier alpha value is -3.53. The summed E-state index contributed by atoms with van der Waals surface area (Å²) < 4.78 is 5.11. The van der Waals surface area contributed by atoms with Crippen molar-refractivity contribution >= 4 is 5.82 Å². The van der Waals surface area contributed by atoms with Crippen LogP contribution in [0, 0.1) is 11.3 Å². The first-order valence-electron chi connectivity index (χ1n) is 6.70. The molecule has 0 saturated heterocycles. The third kappa shape index (κ3) is 2.53. The number of rotatable bonds is 3. The third-order valence-electron chi connectivity index (χ3n) is 3.42. The topological polar surface area (TPSA) is 121 Å². The van der Waals surface area contributed by atoms with Crippen LogP contribution in [0.4, 0.5) is 5.82 Å². The van der Waals surface area contributed by atoms with Crippen molar-refractivity contribution < 1.29 is 9.84 Å². The number of nitrogens with one attached hydrogen (secondary N) is 1. The Morgan fingerprint density at radius 1 is 1.35 bits per heavy atom. The minimum absolute atomic E-state index is 0.0339. The molecule has 2 aromatic heterocycles. The first-order chi connectivity index (χ1) is 11.1. The van der Waals surface area contributed by atoms with Crippen LogP contribution in [0.3, 0.4) is 0 Å². The average Bonchev–Trinajstić information content (AvgIpc) is 3.09. The Bertz CT molecular complexity index is 898. The molecule has 0 saturated carbocycles. The summed E-state index contributed by atoms with van der Waals surface area (Å²) in [5.74, 6) is 0.489. The number of imidazole rings is 1. The molecule has 0 aliphatic carbocycles. The van der Waals surface area contributed by atoms with E-state index >= 15 is 0 Å². The smallest absolute Gasteiger partial charge is 0.161 e. The molecule has 0 bridgehead atoms. The standard InChI is InChI=1S/C16H13N5O2/c1-23-15-4-9(2-3-14(15)22)12-5-10(13-7-19-8-20-13)11(6-17)16(18)21-12/h2-5,7-8,22H,1H3,(H2,18,21)(H,19,20). The summed E-state index contributed by atoms with van der Waals surface area (Å²) in [7, 11) is 1.47. The molecule has 0 unspecified atom stereocenters. The van der Waals surface area contributed by atoms with Gasteiger partial charge in [-0.3, -0.25) is 0 Å². The second-order valence-corrected chi connectivity index (χ2v) is 4.78. The Kier molecular flexibility index (Phi) is 3.57. The number of phenolic OH excluding ortho intramolecular Hbond substituents is 1. The predicted octanol–water partition coefficient (Wildman–Crippen LogP) is 2.31. The van der Waals surface area contributed by atoms with E-state index in [1.54, 1.807) is 24.4 Å². The Balaban J connectivity index is 2.20. The van der Waals surface area contributed by atoms with Gasteiger partial charge >= 0.3 is 0 Å². The molecule has 0 atom stereocenters. The largest absolute Gasteiger partial charge is 0.504 e. The summed E-state index contributed by atoms with van der Waals surface area (Å²) >= 11 is 0. The third-order valence-corrected chi connectivity index (χ3v) is 3.42. The van der Waals surface area contributed by atoms with Crippen LogP contribution in [0.2, 0.25) is 0 Å². The molecule has 23 heavy (non-hydrogen) atoms. The second kappa shape index (κ2) is 5.69. The van der Waals surface area contributed by atoms with Crippen LogP contribution in [-0.4, -0.2) is 27.2 Å². The van der Waals surface area contributed by atoms with Crippen molar-refractivity contribution in [1.29, 1.82) is 5.26 Å². The number of hydrogen-bond donors (Lipinski definition) is 3. The normalized spacial score (nSPS) is 10.3. The minimum atomic E-state index is 0.0339. The van der Waals surface area contributed by atoms with Crippen molar-refractivity contribution in [2.45, 2.75) is 0 Å². The molecule has 4 N–H and O–H groups in total. The zero-order chi connectivity index (χ0) is 16.4. The molecule has 0 radical (unpaired) electrons. The van der Waals surface area contributed by atoms with Gasteiger partial charge in [0, 0.05) is 11.1 Å². The number of nitrogens with two attached hydrogens (primary N) is 1. The molecule has 0 fully saturated rings. The fourth-order valence-corrected chi connectivity index (χ4v) is 2.28. The number of aromatic hydroxyl groups is 1. The lowest BCUT2D eigenvalue weighted by Crippen LogP contribution is -2.00. The molecule has 0 amide bonds. The number of nitrogens with zero attached hydrogens (tertiary/aromatic N) is 3. The number of aromatic nitrogens is 3. The highest BCUT2D eigenvalue weighted by Crippen LogP contribution is 2.34. The summed E-state index contributed by atoms with van der Waals surface area (Å²) in [5, 5.41) is 19.0. The molecule has 3 rings (SSSR count). The predicted molar refractivity (Wildman–Crippen MR) is 84.6 cm³/mol. The molecular formula is C16H13N5O2. The van der Waals surface area contributed by atoms with Crippen LogP contribution >= 0.6 is 0 Å². The lowest BCUT2D eigenvalue weighted by atomic mass is 10.0. The molecule has 0 aliphatic rings. The summed E-state index contributed by atoms with van der Waals surface area (Å²) in [6, 6.07) is 8.67. The van der Waals surface area contributed by atoms with E-state index in [9.17, 15) is 10.4 Å². The van der Waals surface area contributed by atoms with Crippen LogP contribution in [0.1, 0.15) is 5.56 Å². The van der Waals surface area contributed by atoms with Gasteiger partial charge in [-0.25, -0.2) is 9.97 Å². The lowest BCUT2D eigenvalue weighted by molar-refractivity contribution is 0.373. The summed E-state index contributed by atoms with van der Waals surface area (Å²) in [6.45, 7) is 0. The zero-order valence-corrected chi connectivity index (χ0v) is 12.2. The molecule has 3 aromatic rings. The van der Waals surface area contributed by atoms with E-state index < -0.39 is 0 Å². The molecule has 2 heterocycles. The number of anilines is 1. The maximum atomic E-state index is 9.70. The van der Waals surface area contributed by atoms with Gasteiger partial charge in [-0.1, -0.05) is 0 Å². The number of aromatic amines is 1. The molecule has 7 heteroatoms. The van der Waals surface area contributed by atoms with Crippen molar-refractivity contribution in [2.75, 3.05) is 12.8 Å². The fraction of sp³-hybridized carbons (Fsp3) is 0.0625. The molecule has 114 valence electrons. The maximum absolute atomic E-state index is 9.70. The number of phenols is 1. The van der Waals surface area contributed by atoms with Gasteiger partial charge in [0.25, 0.3) is 0 Å². The first kappa shape index (κ1) is 14.4. The average molecular weight is 307 g/mol. The second-order valence-electron chi connectivity index (χ2n) is 4.78. The molecule has 0 aliphatic heterocycles. The van der Waals surface area contributed by atoms with Gasteiger partial charge in [-0.2, -0.15) is 5.26 Å². The van der Waals surface area contributed by atoms with Crippen LogP contribution in [-0.2, 0) is 0 Å². The first-order valence-corrected chi connectivity index (χ1v) is 6.70. The summed E-state index contributed by atoms with van der Waals surface area (Å²) in [4.78, 5) is 11.2. The van der Waals surface area contributed by atoms with Crippen LogP contribution in [0.5, 0.6) is 11.5 Å². The van der Waals surface area contributed by atoms with Gasteiger partial charge in [-0.15, -0.1) is 0 Å². The molecule has 1 aromatic carbocycles. The van der Waals surface area contributed by atoms with Crippen molar-refractivity contribution in [3.05, 3.63) is 42.4 Å². The van der Waals surface area contributed by atoms with E-state index in [1.165, 1.54) is 19.5 Å². The van der Waals surface area contributed by atoms with Gasteiger partial charge in [0.05, 0.1) is 31.0 Å². The van der Waals surface area contributed by atoms with Crippen LogP contribution in [0.15, 0.2) is 36.8 Å². The number of methoxy groups -OCH3 is 1. The highest BCUT2D eigenvalue weighted by Gasteiger charge is 2.15. The van der Waals surface area contributed by atoms with Gasteiger partial charge in [0.2, 0.25) is 0 Å². The summed E-state index contributed by atoms with van der Waals surface area (Å²) in [6.07, 6.45) is 3.13. The van der Waals surface area contributed by atoms with Crippen molar-refractivity contribution in [3.63, 3.8) is 0 Å². The minimum Gasteiger partial charge on any atom is -0.504 e. The fourth-order valence-electron chi connectivity index (χ4n) is 2.28. The highest BCUT2D eigenvalue weighted by molar-refractivity contribution is 5.78. The van der Waals surface area contributed by atoms with Gasteiger partial charge in [0.1, 0.15) is 17.5 Å². The van der Waals surface area contributed by atoms with E-state index in [2.05, 4.69) is 21.0 Å². The van der Waals surface area contributed by atoms with Gasteiger partial charge in [-0.05, 0) is 24.3 Å².